The first-order chi connectivity index (χ1) is 9.16. The van der Waals surface area contributed by atoms with E-state index in [9.17, 15) is 5.11 Å². The summed E-state index contributed by atoms with van der Waals surface area (Å²) >= 11 is 0. The van der Waals surface area contributed by atoms with E-state index < -0.39 is 0 Å². The fraction of sp³-hybridized carbons (Fsp3) is 0.294. The predicted octanol–water partition coefficient (Wildman–Crippen LogP) is 3.05. The Morgan fingerprint density at radius 3 is 2.89 bits per heavy atom. The first-order valence-electron chi connectivity index (χ1n) is 6.84. The van der Waals surface area contributed by atoms with Crippen LogP contribution in [0.5, 0.6) is 5.75 Å². The fourth-order valence-electron chi connectivity index (χ4n) is 3.73. The first-order valence-corrected chi connectivity index (χ1v) is 6.84. The summed E-state index contributed by atoms with van der Waals surface area (Å²) in [6, 6.07) is 14.9. The van der Waals surface area contributed by atoms with E-state index in [-0.39, 0.29) is 5.54 Å². The monoisotopic (exact) mass is 251 g/mol. The van der Waals surface area contributed by atoms with Gasteiger partial charge in [0.1, 0.15) is 5.75 Å². The van der Waals surface area contributed by atoms with E-state index in [2.05, 4.69) is 42.6 Å². The van der Waals surface area contributed by atoms with Crippen molar-refractivity contribution in [2.45, 2.75) is 31.3 Å². The number of hydrogen-bond donors (Lipinski definition) is 2. The van der Waals surface area contributed by atoms with E-state index in [0.29, 0.717) is 11.8 Å². The second-order valence-electron chi connectivity index (χ2n) is 5.95. The molecule has 2 aliphatic heterocycles. The zero-order chi connectivity index (χ0) is 13.0. The van der Waals surface area contributed by atoms with Crippen LogP contribution in [0.4, 0.5) is 0 Å². The van der Waals surface area contributed by atoms with Crippen LogP contribution < -0.4 is 5.32 Å². The van der Waals surface area contributed by atoms with Gasteiger partial charge in [-0.1, -0.05) is 30.3 Å². The molecule has 2 bridgehead atoms. The third-order valence-electron chi connectivity index (χ3n) is 4.58. The van der Waals surface area contributed by atoms with Gasteiger partial charge in [0.05, 0.1) is 0 Å². The average molecular weight is 251 g/mol. The molecular weight excluding hydrogens is 234 g/mol. The molecule has 2 aromatic rings. The highest BCUT2D eigenvalue weighted by molar-refractivity contribution is 5.47. The SMILES string of the molecule is C[C@@]12Cc3ccc(O)cc3C[C@@H](N1)c1ccccc12. The Labute approximate surface area is 113 Å². The van der Waals surface area contributed by atoms with Gasteiger partial charge < -0.3 is 10.4 Å². The van der Waals surface area contributed by atoms with Crippen molar-refractivity contribution in [3.63, 3.8) is 0 Å². The Morgan fingerprint density at radius 1 is 1.16 bits per heavy atom. The lowest BCUT2D eigenvalue weighted by Crippen LogP contribution is -2.36. The molecule has 0 radical (unpaired) electrons. The van der Waals surface area contributed by atoms with Crippen molar-refractivity contribution in [2.24, 2.45) is 0 Å². The van der Waals surface area contributed by atoms with Crippen LogP contribution in [0.25, 0.3) is 0 Å². The second kappa shape index (κ2) is 3.61. The van der Waals surface area contributed by atoms with Gasteiger partial charge in [-0.25, -0.2) is 0 Å². The Morgan fingerprint density at radius 2 is 2.00 bits per heavy atom. The van der Waals surface area contributed by atoms with Crippen molar-refractivity contribution in [1.29, 1.82) is 0 Å². The van der Waals surface area contributed by atoms with Crippen LogP contribution in [0, 0.1) is 0 Å². The Bertz CT molecular complexity index is 664. The lowest BCUT2D eigenvalue weighted by atomic mass is 9.82. The normalized spacial score (nSPS) is 27.5. The summed E-state index contributed by atoms with van der Waals surface area (Å²) in [5.74, 6) is 0.370. The third kappa shape index (κ3) is 1.53. The van der Waals surface area contributed by atoms with Crippen LogP contribution >= 0.6 is 0 Å². The molecule has 2 atom stereocenters. The van der Waals surface area contributed by atoms with Crippen LogP contribution in [-0.4, -0.2) is 5.11 Å². The molecule has 2 aliphatic rings. The molecule has 0 aliphatic carbocycles. The Kier molecular flexibility index (Phi) is 2.10. The molecule has 2 heterocycles. The molecule has 0 fully saturated rings. The molecule has 2 aromatic carbocycles. The predicted molar refractivity (Wildman–Crippen MR) is 75.2 cm³/mol. The summed E-state index contributed by atoms with van der Waals surface area (Å²) in [7, 11) is 0. The molecule has 2 heteroatoms. The molecule has 96 valence electrons. The quantitative estimate of drug-likeness (QED) is 0.754. The molecule has 2 N–H and O–H groups in total. The van der Waals surface area contributed by atoms with Gasteiger partial charge in [0.2, 0.25) is 0 Å². The number of hydrogen-bond acceptors (Lipinski definition) is 2. The maximum atomic E-state index is 9.69. The second-order valence-corrected chi connectivity index (χ2v) is 5.95. The molecule has 0 saturated heterocycles. The van der Waals surface area contributed by atoms with E-state index in [0.717, 1.165) is 12.8 Å². The molecule has 0 spiro atoms. The smallest absolute Gasteiger partial charge is 0.115 e. The van der Waals surface area contributed by atoms with Gasteiger partial charge in [-0.3, -0.25) is 0 Å². The van der Waals surface area contributed by atoms with E-state index in [4.69, 9.17) is 0 Å². The minimum atomic E-state index is 0.0173. The summed E-state index contributed by atoms with van der Waals surface area (Å²) in [5.41, 5.74) is 5.49. The van der Waals surface area contributed by atoms with E-state index >= 15 is 0 Å². The highest BCUT2D eigenvalue weighted by Crippen LogP contribution is 2.44. The number of fused-ring (bicyclic) bond motifs is 6. The van der Waals surface area contributed by atoms with Gasteiger partial charge in [-0.2, -0.15) is 0 Å². The highest BCUT2D eigenvalue weighted by Gasteiger charge is 2.41. The maximum Gasteiger partial charge on any atom is 0.115 e. The van der Waals surface area contributed by atoms with Crippen molar-refractivity contribution in [3.8, 4) is 5.75 Å². The van der Waals surface area contributed by atoms with Gasteiger partial charge in [0, 0.05) is 11.6 Å². The third-order valence-corrected chi connectivity index (χ3v) is 4.58. The summed E-state index contributed by atoms with van der Waals surface area (Å²) in [4.78, 5) is 0. The zero-order valence-electron chi connectivity index (χ0n) is 11.0. The average Bonchev–Trinajstić information content (AvgIpc) is 2.57. The van der Waals surface area contributed by atoms with E-state index in [1.54, 1.807) is 6.07 Å². The molecular formula is C17H17NO. The number of aromatic hydroxyl groups is 1. The van der Waals surface area contributed by atoms with Crippen molar-refractivity contribution in [2.75, 3.05) is 0 Å². The van der Waals surface area contributed by atoms with Gasteiger partial charge in [-0.05, 0) is 54.2 Å². The number of benzene rings is 2. The van der Waals surface area contributed by atoms with Crippen molar-refractivity contribution >= 4 is 0 Å². The highest BCUT2D eigenvalue weighted by atomic mass is 16.3. The molecule has 2 nitrogen and oxygen atoms in total. The van der Waals surface area contributed by atoms with Gasteiger partial charge in [0.25, 0.3) is 0 Å². The van der Waals surface area contributed by atoms with Gasteiger partial charge in [0.15, 0.2) is 0 Å². The number of rotatable bonds is 0. The zero-order valence-corrected chi connectivity index (χ0v) is 11.0. The summed E-state index contributed by atoms with van der Waals surface area (Å²) in [6.07, 6.45) is 1.94. The van der Waals surface area contributed by atoms with E-state index in [1.165, 1.54) is 22.3 Å². The van der Waals surface area contributed by atoms with Crippen LogP contribution in [0.15, 0.2) is 42.5 Å². The standard InChI is InChI=1S/C17H17NO/c1-17-10-11-6-7-13(19)8-12(11)9-16(18-17)14-4-2-3-5-15(14)17/h2-8,16,18-19H,9-10H2,1H3/t16-,17+/m1/s1. The molecule has 19 heavy (non-hydrogen) atoms. The molecule has 0 amide bonds. The fourth-order valence-corrected chi connectivity index (χ4v) is 3.73. The molecule has 4 rings (SSSR count). The number of phenols is 1. The summed E-state index contributed by atoms with van der Waals surface area (Å²) in [6.45, 7) is 2.29. The van der Waals surface area contributed by atoms with E-state index in [1.807, 2.05) is 6.07 Å². The van der Waals surface area contributed by atoms with Crippen LogP contribution in [0.2, 0.25) is 0 Å². The van der Waals surface area contributed by atoms with Crippen molar-refractivity contribution < 1.29 is 5.11 Å². The lowest BCUT2D eigenvalue weighted by Gasteiger charge is -2.26. The van der Waals surface area contributed by atoms with Crippen LogP contribution in [0.1, 0.15) is 35.2 Å². The molecule has 0 saturated carbocycles. The Balaban J connectivity index is 1.90. The number of phenolic OH excluding ortho intramolecular Hbond substituents is 1. The maximum absolute atomic E-state index is 9.69. The summed E-state index contributed by atoms with van der Waals surface area (Å²) in [5, 5.41) is 13.5. The largest absolute Gasteiger partial charge is 0.508 e. The van der Waals surface area contributed by atoms with Crippen LogP contribution in [0.3, 0.4) is 0 Å². The minimum absolute atomic E-state index is 0.0173. The molecule has 0 unspecified atom stereocenters. The summed E-state index contributed by atoms with van der Waals surface area (Å²) < 4.78 is 0. The van der Waals surface area contributed by atoms with Gasteiger partial charge in [-0.15, -0.1) is 0 Å². The Hall–Kier alpha value is -1.80. The van der Waals surface area contributed by atoms with Gasteiger partial charge >= 0.3 is 0 Å². The van der Waals surface area contributed by atoms with Crippen molar-refractivity contribution in [3.05, 3.63) is 64.7 Å². The topological polar surface area (TPSA) is 32.3 Å². The lowest BCUT2D eigenvalue weighted by molar-refractivity contribution is 0.368. The first kappa shape index (κ1) is 11.1. The minimum Gasteiger partial charge on any atom is -0.508 e. The van der Waals surface area contributed by atoms with Crippen molar-refractivity contribution in [1.82, 2.24) is 5.32 Å². The molecule has 0 aromatic heterocycles. The van der Waals surface area contributed by atoms with Crippen LogP contribution in [-0.2, 0) is 18.4 Å². The number of nitrogens with one attached hydrogen (secondary N) is 1.